The molecule has 5 heteroatoms. The van der Waals surface area contributed by atoms with E-state index in [4.69, 9.17) is 9.72 Å². The largest absolute Gasteiger partial charge is 0.493 e. The second-order valence-electron chi connectivity index (χ2n) is 6.46. The first-order valence-corrected chi connectivity index (χ1v) is 9.00. The molecule has 0 bridgehead atoms. The van der Waals surface area contributed by atoms with E-state index in [2.05, 4.69) is 41.9 Å². The Balaban J connectivity index is 1.65. The van der Waals surface area contributed by atoms with E-state index in [1.165, 1.54) is 11.1 Å². The predicted molar refractivity (Wildman–Crippen MR) is 104 cm³/mol. The molecule has 0 spiro atoms. The average molecular weight is 351 g/mol. The number of carbonyl (C=O) groups is 1. The van der Waals surface area contributed by atoms with Crippen molar-refractivity contribution in [2.75, 3.05) is 13.2 Å². The topological polar surface area (TPSA) is 56.1 Å². The van der Waals surface area contributed by atoms with Gasteiger partial charge < -0.3 is 14.6 Å². The third kappa shape index (κ3) is 4.23. The molecule has 0 saturated heterocycles. The molecule has 3 rings (SSSR count). The lowest BCUT2D eigenvalue weighted by Gasteiger charge is -2.12. The van der Waals surface area contributed by atoms with E-state index in [0.717, 1.165) is 42.0 Å². The molecule has 1 aromatic heterocycles. The molecule has 1 heterocycles. The highest BCUT2D eigenvalue weighted by molar-refractivity contribution is 5.75. The van der Waals surface area contributed by atoms with Crippen LogP contribution in [-0.2, 0) is 17.8 Å². The van der Waals surface area contributed by atoms with Crippen LogP contribution in [-0.4, -0.2) is 29.1 Å². The quantitative estimate of drug-likeness (QED) is 0.475. The fourth-order valence-corrected chi connectivity index (χ4v) is 3.17. The summed E-state index contributed by atoms with van der Waals surface area (Å²) in [6, 6.07) is 14.4. The summed E-state index contributed by atoms with van der Waals surface area (Å²) in [5.74, 6) is 1.94. The number of para-hydroxylation sites is 2. The maximum atomic E-state index is 10.5. The molecule has 5 nitrogen and oxygen atoms in total. The molecule has 3 aromatic rings. The highest BCUT2D eigenvalue weighted by Gasteiger charge is 2.10. The molecule has 1 N–H and O–H groups in total. The third-order valence-electron chi connectivity index (χ3n) is 4.42. The highest BCUT2D eigenvalue weighted by Crippen LogP contribution is 2.20. The first-order valence-electron chi connectivity index (χ1n) is 9.00. The second kappa shape index (κ2) is 8.52. The Hall–Kier alpha value is -2.82. The van der Waals surface area contributed by atoms with Crippen molar-refractivity contribution in [3.8, 4) is 5.75 Å². The van der Waals surface area contributed by atoms with Gasteiger partial charge in [-0.15, -0.1) is 0 Å². The first kappa shape index (κ1) is 18.0. The Kier molecular flexibility index (Phi) is 5.89. The van der Waals surface area contributed by atoms with Crippen LogP contribution in [0.1, 0.15) is 23.4 Å². The molecular weight excluding hydrogens is 326 g/mol. The molecule has 0 fully saturated rings. The van der Waals surface area contributed by atoms with E-state index >= 15 is 0 Å². The zero-order chi connectivity index (χ0) is 18.4. The number of fused-ring (bicyclic) bond motifs is 1. The Morgan fingerprint density at radius 2 is 2.04 bits per heavy atom. The van der Waals surface area contributed by atoms with Gasteiger partial charge in [0.15, 0.2) is 0 Å². The number of nitrogens with one attached hydrogen (secondary N) is 1. The number of aryl methyl sites for hydroxylation is 3. The lowest BCUT2D eigenvalue weighted by molar-refractivity contribution is -0.109. The summed E-state index contributed by atoms with van der Waals surface area (Å²) in [4.78, 5) is 15.2. The Morgan fingerprint density at radius 1 is 1.19 bits per heavy atom. The zero-order valence-electron chi connectivity index (χ0n) is 15.4. The molecule has 0 aliphatic carbocycles. The molecule has 26 heavy (non-hydrogen) atoms. The number of hydrogen-bond donors (Lipinski definition) is 1. The maximum Gasteiger partial charge on any atom is 0.207 e. The molecule has 0 radical (unpaired) electrons. The van der Waals surface area contributed by atoms with Crippen molar-refractivity contribution < 1.29 is 9.53 Å². The Bertz CT molecular complexity index is 886. The molecule has 0 unspecified atom stereocenters. The van der Waals surface area contributed by atoms with E-state index in [9.17, 15) is 4.79 Å². The zero-order valence-corrected chi connectivity index (χ0v) is 15.4. The molecule has 0 aliphatic heterocycles. The first-order chi connectivity index (χ1) is 12.7. The van der Waals surface area contributed by atoms with Gasteiger partial charge in [-0.2, -0.15) is 0 Å². The van der Waals surface area contributed by atoms with Crippen LogP contribution >= 0.6 is 0 Å². The lowest BCUT2D eigenvalue weighted by Crippen LogP contribution is -2.17. The molecule has 0 saturated carbocycles. The smallest absolute Gasteiger partial charge is 0.207 e. The molecule has 0 aliphatic rings. The summed E-state index contributed by atoms with van der Waals surface area (Å²) in [6.45, 7) is 6.24. The van der Waals surface area contributed by atoms with Gasteiger partial charge in [0.2, 0.25) is 6.41 Å². The van der Waals surface area contributed by atoms with Crippen LogP contribution in [0.5, 0.6) is 5.75 Å². The number of rotatable bonds is 9. The van der Waals surface area contributed by atoms with Crippen molar-refractivity contribution in [2.45, 2.75) is 33.2 Å². The number of benzene rings is 2. The van der Waals surface area contributed by atoms with Gasteiger partial charge in [-0.1, -0.05) is 29.8 Å². The van der Waals surface area contributed by atoms with E-state index in [1.54, 1.807) is 0 Å². The fourth-order valence-electron chi connectivity index (χ4n) is 3.17. The predicted octanol–water partition coefficient (Wildman–Crippen LogP) is 3.41. The van der Waals surface area contributed by atoms with Crippen LogP contribution in [0.25, 0.3) is 11.0 Å². The number of aromatic nitrogens is 2. The Morgan fingerprint density at radius 3 is 2.85 bits per heavy atom. The molecule has 136 valence electrons. The summed E-state index contributed by atoms with van der Waals surface area (Å²) in [5.41, 5.74) is 4.52. The van der Waals surface area contributed by atoms with Crippen molar-refractivity contribution in [3.63, 3.8) is 0 Å². The number of imidazole rings is 1. The maximum absolute atomic E-state index is 10.5. The monoisotopic (exact) mass is 351 g/mol. The van der Waals surface area contributed by atoms with Crippen molar-refractivity contribution >= 4 is 17.4 Å². The molecule has 0 atom stereocenters. The van der Waals surface area contributed by atoms with Gasteiger partial charge in [-0.3, -0.25) is 4.79 Å². The van der Waals surface area contributed by atoms with Crippen LogP contribution in [0.15, 0.2) is 42.5 Å². The summed E-state index contributed by atoms with van der Waals surface area (Å²) < 4.78 is 8.18. The number of nitrogens with zero attached hydrogens (tertiary/aromatic N) is 2. The van der Waals surface area contributed by atoms with Crippen LogP contribution in [0.4, 0.5) is 0 Å². The number of carbonyl (C=O) groups excluding carboxylic acids is 1. The average Bonchev–Trinajstić information content (AvgIpc) is 2.98. The molecule has 2 aromatic carbocycles. The van der Waals surface area contributed by atoms with Gasteiger partial charge in [0.1, 0.15) is 11.6 Å². The van der Waals surface area contributed by atoms with Gasteiger partial charge in [0.05, 0.1) is 17.6 Å². The van der Waals surface area contributed by atoms with Crippen molar-refractivity contribution in [3.05, 3.63) is 59.4 Å². The van der Waals surface area contributed by atoms with Gasteiger partial charge in [-0.25, -0.2) is 4.98 Å². The van der Waals surface area contributed by atoms with Gasteiger partial charge in [0.25, 0.3) is 0 Å². The van der Waals surface area contributed by atoms with Gasteiger partial charge in [-0.05, 0) is 44.0 Å². The lowest BCUT2D eigenvalue weighted by atomic mass is 10.1. The molecular formula is C21H25N3O2. The van der Waals surface area contributed by atoms with Crippen molar-refractivity contribution in [1.29, 1.82) is 0 Å². The third-order valence-corrected chi connectivity index (χ3v) is 4.42. The fraction of sp³-hybridized carbons (Fsp3) is 0.333. The van der Waals surface area contributed by atoms with Crippen LogP contribution in [0, 0.1) is 13.8 Å². The number of ether oxygens (including phenoxy) is 1. The van der Waals surface area contributed by atoms with E-state index in [0.29, 0.717) is 19.6 Å². The van der Waals surface area contributed by atoms with Crippen molar-refractivity contribution in [1.82, 2.24) is 14.9 Å². The summed E-state index contributed by atoms with van der Waals surface area (Å²) in [5, 5.41) is 2.71. The minimum atomic E-state index is 0.589. The van der Waals surface area contributed by atoms with E-state index < -0.39 is 0 Å². The molecule has 1 amide bonds. The SMILES string of the molecule is Cc1ccc(OCCCn2c(CCNC=O)nc3ccccc32)c(C)c1. The van der Waals surface area contributed by atoms with Gasteiger partial charge in [0, 0.05) is 19.5 Å². The summed E-state index contributed by atoms with van der Waals surface area (Å²) >= 11 is 0. The second-order valence-corrected chi connectivity index (χ2v) is 6.46. The minimum Gasteiger partial charge on any atom is -0.493 e. The van der Waals surface area contributed by atoms with Crippen LogP contribution in [0.2, 0.25) is 0 Å². The normalized spacial score (nSPS) is 10.8. The number of amides is 1. The van der Waals surface area contributed by atoms with E-state index in [1.807, 2.05) is 24.3 Å². The highest BCUT2D eigenvalue weighted by atomic mass is 16.5. The Labute approximate surface area is 154 Å². The standard InChI is InChI=1S/C21H25N3O2/c1-16-8-9-20(17(2)14-16)26-13-5-12-24-19-7-4-3-6-18(19)23-21(24)10-11-22-15-25/h3-4,6-9,14-15H,5,10-13H2,1-2H3,(H,22,25). The van der Waals surface area contributed by atoms with Crippen LogP contribution < -0.4 is 10.1 Å². The minimum absolute atomic E-state index is 0.589. The summed E-state index contributed by atoms with van der Waals surface area (Å²) in [6.07, 6.45) is 2.33. The number of hydrogen-bond acceptors (Lipinski definition) is 3. The van der Waals surface area contributed by atoms with E-state index in [-0.39, 0.29) is 0 Å². The van der Waals surface area contributed by atoms with Crippen LogP contribution in [0.3, 0.4) is 0 Å². The summed E-state index contributed by atoms with van der Waals surface area (Å²) in [7, 11) is 0. The van der Waals surface area contributed by atoms with Gasteiger partial charge >= 0.3 is 0 Å². The van der Waals surface area contributed by atoms with Crippen molar-refractivity contribution in [2.24, 2.45) is 0 Å².